The highest BCUT2D eigenvalue weighted by Gasteiger charge is 2.12. The average Bonchev–Trinajstić information content (AvgIpc) is 2.71. The summed E-state index contributed by atoms with van der Waals surface area (Å²) in [6.07, 6.45) is 0.812. The van der Waals surface area contributed by atoms with Gasteiger partial charge in [0.1, 0.15) is 0 Å². The Hall–Kier alpha value is -3.31. The first-order valence-corrected chi connectivity index (χ1v) is 8.75. The predicted octanol–water partition coefficient (Wildman–Crippen LogP) is 4.31. The fraction of sp³-hybridized carbons (Fsp3) is 0.125. The van der Waals surface area contributed by atoms with E-state index in [0.29, 0.717) is 13.1 Å². The van der Waals surface area contributed by atoms with Crippen LogP contribution in [0, 0.1) is 11.8 Å². The number of hydrogen-bond acceptors (Lipinski definition) is 1. The van der Waals surface area contributed by atoms with Crippen LogP contribution in [0.3, 0.4) is 0 Å². The highest BCUT2D eigenvalue weighted by Crippen LogP contribution is 2.08. The van der Waals surface area contributed by atoms with Crippen LogP contribution in [0.2, 0.25) is 0 Å². The average molecular weight is 339 g/mol. The van der Waals surface area contributed by atoms with Crippen LogP contribution < -0.4 is 0 Å². The molecule has 0 heterocycles. The number of carbonyl (C=O) groups is 1. The van der Waals surface area contributed by atoms with Crippen molar-refractivity contribution in [1.29, 1.82) is 0 Å². The van der Waals surface area contributed by atoms with Crippen LogP contribution in [0.25, 0.3) is 0 Å². The summed E-state index contributed by atoms with van der Waals surface area (Å²) in [7, 11) is 0. The van der Waals surface area contributed by atoms with Crippen molar-refractivity contribution in [2.24, 2.45) is 0 Å². The van der Waals surface area contributed by atoms with Gasteiger partial charge in [0, 0.05) is 24.6 Å². The quantitative estimate of drug-likeness (QED) is 0.634. The molecule has 0 radical (unpaired) electrons. The van der Waals surface area contributed by atoms with Gasteiger partial charge in [0.2, 0.25) is 0 Å². The number of benzene rings is 3. The molecule has 3 aromatic carbocycles. The Balaban J connectivity index is 1.73. The van der Waals surface area contributed by atoms with Crippen LogP contribution in [0.15, 0.2) is 91.0 Å². The first kappa shape index (κ1) is 17.5. The van der Waals surface area contributed by atoms with E-state index in [1.807, 2.05) is 83.8 Å². The van der Waals surface area contributed by atoms with Crippen molar-refractivity contribution in [2.45, 2.75) is 13.0 Å². The van der Waals surface area contributed by atoms with E-state index in [1.165, 1.54) is 5.56 Å². The van der Waals surface area contributed by atoms with Gasteiger partial charge in [-0.15, -0.1) is 0 Å². The number of nitrogens with zero attached hydrogens (tertiary/aromatic N) is 1. The lowest BCUT2D eigenvalue weighted by atomic mass is 10.1. The Morgan fingerprint density at radius 2 is 1.27 bits per heavy atom. The van der Waals surface area contributed by atoms with Crippen LogP contribution in [-0.4, -0.2) is 17.4 Å². The normalized spacial score (nSPS) is 9.85. The van der Waals surface area contributed by atoms with Crippen molar-refractivity contribution < 1.29 is 4.79 Å². The van der Waals surface area contributed by atoms with E-state index in [1.54, 1.807) is 0 Å². The van der Waals surface area contributed by atoms with E-state index in [2.05, 4.69) is 24.0 Å². The molecule has 0 aliphatic heterocycles. The first-order chi connectivity index (χ1) is 12.8. The lowest BCUT2D eigenvalue weighted by Crippen LogP contribution is -2.31. The molecule has 0 aromatic heterocycles. The van der Waals surface area contributed by atoms with Gasteiger partial charge in [-0.05, 0) is 29.7 Å². The largest absolute Gasteiger partial charge is 0.327 e. The third-order valence-corrected chi connectivity index (χ3v) is 4.10. The Kier molecular flexibility index (Phi) is 6.23. The van der Waals surface area contributed by atoms with E-state index in [9.17, 15) is 4.79 Å². The van der Waals surface area contributed by atoms with Crippen molar-refractivity contribution in [3.05, 3.63) is 108 Å². The third kappa shape index (κ3) is 5.36. The Bertz CT molecular complexity index is 877. The molecule has 2 nitrogen and oxygen atoms in total. The molecule has 0 unspecified atom stereocenters. The van der Waals surface area contributed by atoms with Gasteiger partial charge in [-0.2, -0.15) is 0 Å². The van der Waals surface area contributed by atoms with Gasteiger partial charge < -0.3 is 4.90 Å². The molecule has 0 atom stereocenters. The smallest absolute Gasteiger partial charge is 0.299 e. The fourth-order valence-corrected chi connectivity index (χ4v) is 2.69. The summed E-state index contributed by atoms with van der Waals surface area (Å²) in [5.74, 6) is 5.62. The molecule has 1 amide bonds. The molecule has 0 spiro atoms. The second kappa shape index (κ2) is 9.25. The van der Waals surface area contributed by atoms with Crippen LogP contribution >= 0.6 is 0 Å². The number of amides is 1. The molecule has 0 N–H and O–H groups in total. The maximum atomic E-state index is 12.7. The number of carbonyl (C=O) groups excluding carboxylic acids is 1. The summed E-state index contributed by atoms with van der Waals surface area (Å²) in [5.41, 5.74) is 3.17. The van der Waals surface area contributed by atoms with Crippen molar-refractivity contribution >= 4 is 5.91 Å². The second-order valence-electron chi connectivity index (χ2n) is 6.06. The Morgan fingerprint density at radius 1 is 0.731 bits per heavy atom. The van der Waals surface area contributed by atoms with Gasteiger partial charge in [0.05, 0.1) is 0 Å². The van der Waals surface area contributed by atoms with Crippen LogP contribution in [-0.2, 0) is 17.8 Å². The van der Waals surface area contributed by atoms with E-state index >= 15 is 0 Å². The van der Waals surface area contributed by atoms with Crippen molar-refractivity contribution in [1.82, 2.24) is 4.90 Å². The molecule has 0 saturated carbocycles. The zero-order valence-electron chi connectivity index (χ0n) is 14.6. The second-order valence-corrected chi connectivity index (χ2v) is 6.06. The standard InChI is InChI=1S/C24H21NO/c26-24(17-16-21-10-4-1-5-11-21)25(20-23-14-8-3-9-15-23)19-18-22-12-6-2-7-13-22/h1-15H,18-20H2. The molecule has 26 heavy (non-hydrogen) atoms. The number of hydrogen-bond donors (Lipinski definition) is 0. The number of rotatable bonds is 5. The molecule has 0 bridgehead atoms. The van der Waals surface area contributed by atoms with Crippen molar-refractivity contribution in [3.8, 4) is 11.8 Å². The van der Waals surface area contributed by atoms with Crippen LogP contribution in [0.5, 0.6) is 0 Å². The minimum absolute atomic E-state index is 0.145. The minimum atomic E-state index is -0.145. The molecule has 128 valence electrons. The molecule has 2 heteroatoms. The van der Waals surface area contributed by atoms with Crippen molar-refractivity contribution in [2.75, 3.05) is 6.54 Å². The van der Waals surface area contributed by atoms with Gasteiger partial charge >= 0.3 is 0 Å². The Labute approximate surface area is 155 Å². The van der Waals surface area contributed by atoms with E-state index < -0.39 is 0 Å². The molecule has 0 aliphatic carbocycles. The summed E-state index contributed by atoms with van der Waals surface area (Å²) >= 11 is 0. The molecule has 3 aromatic rings. The van der Waals surface area contributed by atoms with Gasteiger partial charge in [0.15, 0.2) is 0 Å². The molecule has 0 fully saturated rings. The monoisotopic (exact) mass is 339 g/mol. The van der Waals surface area contributed by atoms with Crippen LogP contribution in [0.1, 0.15) is 16.7 Å². The summed E-state index contributed by atoms with van der Waals surface area (Å²) in [6.45, 7) is 1.21. The van der Waals surface area contributed by atoms with Crippen molar-refractivity contribution in [3.63, 3.8) is 0 Å². The molecule has 0 aliphatic rings. The Morgan fingerprint density at radius 3 is 1.88 bits per heavy atom. The van der Waals surface area contributed by atoms with E-state index in [0.717, 1.165) is 17.5 Å². The maximum absolute atomic E-state index is 12.7. The lowest BCUT2D eigenvalue weighted by Gasteiger charge is -2.20. The highest BCUT2D eigenvalue weighted by molar-refractivity contribution is 5.94. The predicted molar refractivity (Wildman–Crippen MR) is 105 cm³/mol. The first-order valence-electron chi connectivity index (χ1n) is 8.75. The molecular weight excluding hydrogens is 318 g/mol. The lowest BCUT2D eigenvalue weighted by molar-refractivity contribution is -0.125. The van der Waals surface area contributed by atoms with E-state index in [-0.39, 0.29) is 5.91 Å². The maximum Gasteiger partial charge on any atom is 0.299 e. The van der Waals surface area contributed by atoms with E-state index in [4.69, 9.17) is 0 Å². The fourth-order valence-electron chi connectivity index (χ4n) is 2.69. The molecule has 0 saturated heterocycles. The zero-order valence-corrected chi connectivity index (χ0v) is 14.6. The minimum Gasteiger partial charge on any atom is -0.327 e. The summed E-state index contributed by atoms with van der Waals surface area (Å²) in [5, 5.41) is 0. The zero-order chi connectivity index (χ0) is 18.0. The topological polar surface area (TPSA) is 20.3 Å². The van der Waals surface area contributed by atoms with Gasteiger partial charge in [-0.3, -0.25) is 4.79 Å². The SMILES string of the molecule is O=C(C#Cc1ccccc1)N(CCc1ccccc1)Cc1ccccc1. The van der Waals surface area contributed by atoms with Crippen LogP contribution in [0.4, 0.5) is 0 Å². The van der Waals surface area contributed by atoms with Gasteiger partial charge in [-0.25, -0.2) is 0 Å². The highest BCUT2D eigenvalue weighted by atomic mass is 16.2. The molecule has 3 rings (SSSR count). The third-order valence-electron chi connectivity index (χ3n) is 4.10. The van der Waals surface area contributed by atoms with Gasteiger partial charge in [-0.1, -0.05) is 84.8 Å². The summed E-state index contributed by atoms with van der Waals surface area (Å²) in [4.78, 5) is 14.5. The summed E-state index contributed by atoms with van der Waals surface area (Å²) in [6, 6.07) is 29.8. The molecular formula is C24H21NO. The van der Waals surface area contributed by atoms with Gasteiger partial charge in [0.25, 0.3) is 5.91 Å². The summed E-state index contributed by atoms with van der Waals surface area (Å²) < 4.78 is 0.